The van der Waals surface area contributed by atoms with Gasteiger partial charge in [-0.3, -0.25) is 4.79 Å². The summed E-state index contributed by atoms with van der Waals surface area (Å²) < 4.78 is 11.3. The number of hydrogen-bond donors (Lipinski definition) is 1. The molecule has 0 unspecified atom stereocenters. The Balaban J connectivity index is 1.65. The maximum absolute atomic E-state index is 12.7. The first-order valence-corrected chi connectivity index (χ1v) is 9.47. The van der Waals surface area contributed by atoms with Crippen molar-refractivity contribution in [3.05, 3.63) is 71.8 Å². The Morgan fingerprint density at radius 2 is 1.57 bits per heavy atom. The van der Waals surface area contributed by atoms with E-state index in [1.165, 1.54) is 0 Å². The highest BCUT2D eigenvalue weighted by molar-refractivity contribution is 6.01. The fraction of sp³-hybridized carbons (Fsp3) is 0.292. The molecule has 0 aliphatic rings. The highest BCUT2D eigenvalue weighted by Gasteiger charge is 2.18. The van der Waals surface area contributed by atoms with Gasteiger partial charge in [-0.2, -0.15) is 0 Å². The van der Waals surface area contributed by atoms with Crippen LogP contribution in [-0.2, 0) is 5.41 Å². The third-order valence-corrected chi connectivity index (χ3v) is 4.65. The zero-order valence-electron chi connectivity index (χ0n) is 16.9. The van der Waals surface area contributed by atoms with Gasteiger partial charge in [0.05, 0.1) is 19.2 Å². The average Bonchev–Trinajstić information content (AvgIpc) is 2.69. The van der Waals surface area contributed by atoms with Gasteiger partial charge in [-0.15, -0.1) is 0 Å². The predicted molar refractivity (Wildman–Crippen MR) is 113 cm³/mol. The van der Waals surface area contributed by atoms with E-state index in [9.17, 15) is 4.79 Å². The van der Waals surface area contributed by atoms with Gasteiger partial charge in [-0.1, -0.05) is 63.2 Å². The van der Waals surface area contributed by atoms with Crippen molar-refractivity contribution in [1.82, 2.24) is 5.32 Å². The molecule has 0 saturated carbocycles. The molecule has 0 aliphatic heterocycles. The predicted octanol–water partition coefficient (Wildman–Crippen LogP) is 4.95. The number of nitrogens with one attached hydrogen (secondary N) is 1. The minimum absolute atomic E-state index is 0.00168. The Bertz CT molecular complexity index is 973. The molecule has 0 spiro atoms. The number of carbonyl (C=O) groups excluding carboxylic acids is 1. The zero-order valence-corrected chi connectivity index (χ0v) is 16.9. The van der Waals surface area contributed by atoms with Gasteiger partial charge in [0.1, 0.15) is 18.1 Å². The van der Waals surface area contributed by atoms with Crippen molar-refractivity contribution in [3.63, 3.8) is 0 Å². The normalized spacial score (nSPS) is 11.3. The Morgan fingerprint density at radius 3 is 2.25 bits per heavy atom. The number of ether oxygens (including phenoxy) is 2. The number of carbonyl (C=O) groups is 1. The van der Waals surface area contributed by atoms with Crippen molar-refractivity contribution in [3.8, 4) is 11.5 Å². The summed E-state index contributed by atoms with van der Waals surface area (Å²) >= 11 is 0. The molecular weight excluding hydrogens is 350 g/mol. The second-order valence-corrected chi connectivity index (χ2v) is 7.75. The van der Waals surface area contributed by atoms with E-state index < -0.39 is 0 Å². The van der Waals surface area contributed by atoms with Crippen molar-refractivity contribution >= 4 is 16.7 Å². The Kier molecular flexibility index (Phi) is 5.88. The van der Waals surface area contributed by atoms with Gasteiger partial charge in [-0.05, 0) is 39.9 Å². The van der Waals surface area contributed by atoms with Crippen LogP contribution in [0.4, 0.5) is 0 Å². The summed E-state index contributed by atoms with van der Waals surface area (Å²) in [6.07, 6.45) is 0. The first kappa shape index (κ1) is 19.7. The van der Waals surface area contributed by atoms with Gasteiger partial charge in [-0.25, -0.2) is 0 Å². The summed E-state index contributed by atoms with van der Waals surface area (Å²) in [7, 11) is 1.58. The van der Waals surface area contributed by atoms with E-state index in [2.05, 4.69) is 32.2 Å². The van der Waals surface area contributed by atoms with Crippen molar-refractivity contribution in [1.29, 1.82) is 0 Å². The molecule has 0 radical (unpaired) electrons. The Hall–Kier alpha value is -3.01. The highest BCUT2D eigenvalue weighted by atomic mass is 16.5. The minimum atomic E-state index is -0.171. The SMILES string of the molecule is COc1cc2ccccc2cc1C(=O)NCCOc1ccccc1C(C)(C)C. The molecule has 3 rings (SSSR count). The van der Waals surface area contributed by atoms with E-state index in [0.717, 1.165) is 22.1 Å². The molecule has 0 bridgehead atoms. The van der Waals surface area contributed by atoms with E-state index >= 15 is 0 Å². The lowest BCUT2D eigenvalue weighted by atomic mass is 9.86. The lowest BCUT2D eigenvalue weighted by Crippen LogP contribution is -2.28. The number of methoxy groups -OCH3 is 1. The smallest absolute Gasteiger partial charge is 0.255 e. The van der Waals surface area contributed by atoms with Gasteiger partial charge < -0.3 is 14.8 Å². The summed E-state index contributed by atoms with van der Waals surface area (Å²) in [6.45, 7) is 7.27. The molecule has 1 N–H and O–H groups in total. The molecule has 3 aromatic rings. The number of rotatable bonds is 6. The monoisotopic (exact) mass is 377 g/mol. The van der Waals surface area contributed by atoms with Crippen LogP contribution >= 0.6 is 0 Å². The number of benzene rings is 3. The van der Waals surface area contributed by atoms with Crippen LogP contribution in [0.5, 0.6) is 11.5 Å². The fourth-order valence-electron chi connectivity index (χ4n) is 3.20. The Labute approximate surface area is 166 Å². The molecule has 0 fully saturated rings. The molecule has 0 heterocycles. The zero-order chi connectivity index (χ0) is 20.1. The van der Waals surface area contributed by atoms with Crippen LogP contribution in [0.2, 0.25) is 0 Å². The summed E-state index contributed by atoms with van der Waals surface area (Å²) in [5.41, 5.74) is 1.67. The quantitative estimate of drug-likeness (QED) is 0.618. The van der Waals surface area contributed by atoms with Crippen LogP contribution in [0.15, 0.2) is 60.7 Å². The molecule has 1 amide bonds. The van der Waals surface area contributed by atoms with Crippen molar-refractivity contribution in [2.45, 2.75) is 26.2 Å². The average molecular weight is 377 g/mol. The lowest BCUT2D eigenvalue weighted by Gasteiger charge is -2.22. The number of hydrogen-bond acceptors (Lipinski definition) is 3. The largest absolute Gasteiger partial charge is 0.496 e. The molecule has 0 aliphatic carbocycles. The fourth-order valence-corrected chi connectivity index (χ4v) is 3.20. The standard InChI is InChI=1S/C24H27NO3/c1-24(2,3)20-11-7-8-12-21(20)28-14-13-25-23(26)19-15-17-9-5-6-10-18(17)16-22(19)27-4/h5-12,15-16H,13-14H2,1-4H3,(H,25,26). The lowest BCUT2D eigenvalue weighted by molar-refractivity contribution is 0.0944. The first-order valence-electron chi connectivity index (χ1n) is 9.47. The van der Waals surface area contributed by atoms with Gasteiger partial charge >= 0.3 is 0 Å². The van der Waals surface area contributed by atoms with E-state index in [1.807, 2.05) is 54.6 Å². The maximum atomic E-state index is 12.7. The molecule has 28 heavy (non-hydrogen) atoms. The van der Waals surface area contributed by atoms with Crippen LogP contribution in [0.1, 0.15) is 36.7 Å². The van der Waals surface area contributed by atoms with Crippen LogP contribution in [0, 0.1) is 0 Å². The second-order valence-electron chi connectivity index (χ2n) is 7.75. The minimum Gasteiger partial charge on any atom is -0.496 e. The van der Waals surface area contributed by atoms with Crippen LogP contribution in [0.3, 0.4) is 0 Å². The van der Waals surface area contributed by atoms with Crippen molar-refractivity contribution in [2.24, 2.45) is 0 Å². The van der Waals surface area contributed by atoms with Crippen molar-refractivity contribution < 1.29 is 14.3 Å². The van der Waals surface area contributed by atoms with Gasteiger partial charge in [0.25, 0.3) is 5.91 Å². The van der Waals surface area contributed by atoms with E-state index in [-0.39, 0.29) is 11.3 Å². The molecule has 4 heteroatoms. The van der Waals surface area contributed by atoms with Crippen LogP contribution in [-0.4, -0.2) is 26.2 Å². The number of fused-ring (bicyclic) bond motifs is 1. The summed E-state index contributed by atoms with van der Waals surface area (Å²) in [6, 6.07) is 19.7. The molecule has 0 saturated heterocycles. The third-order valence-electron chi connectivity index (χ3n) is 4.65. The molecule has 4 nitrogen and oxygen atoms in total. The summed E-state index contributed by atoms with van der Waals surface area (Å²) in [5.74, 6) is 1.25. The van der Waals surface area contributed by atoms with Crippen LogP contribution < -0.4 is 14.8 Å². The molecule has 0 atom stereocenters. The number of para-hydroxylation sites is 1. The van der Waals surface area contributed by atoms with Gasteiger partial charge in [0.2, 0.25) is 0 Å². The summed E-state index contributed by atoms with van der Waals surface area (Å²) in [4.78, 5) is 12.7. The first-order chi connectivity index (χ1) is 13.4. The Morgan fingerprint density at radius 1 is 0.929 bits per heavy atom. The summed E-state index contributed by atoms with van der Waals surface area (Å²) in [5, 5.41) is 4.97. The van der Waals surface area contributed by atoms with Crippen molar-refractivity contribution in [2.75, 3.05) is 20.3 Å². The van der Waals surface area contributed by atoms with Crippen LogP contribution in [0.25, 0.3) is 10.8 Å². The maximum Gasteiger partial charge on any atom is 0.255 e. The third kappa shape index (κ3) is 4.45. The van der Waals surface area contributed by atoms with Gasteiger partial charge in [0, 0.05) is 0 Å². The van der Waals surface area contributed by atoms with Gasteiger partial charge in [0.15, 0.2) is 0 Å². The molecular formula is C24H27NO3. The molecule has 3 aromatic carbocycles. The molecule has 0 aromatic heterocycles. The van der Waals surface area contributed by atoms with E-state index in [1.54, 1.807) is 7.11 Å². The number of amides is 1. The van der Waals surface area contributed by atoms with E-state index in [4.69, 9.17) is 9.47 Å². The topological polar surface area (TPSA) is 47.6 Å². The second kappa shape index (κ2) is 8.34. The molecule has 146 valence electrons. The van der Waals surface area contributed by atoms with E-state index in [0.29, 0.717) is 24.5 Å². The highest BCUT2D eigenvalue weighted by Crippen LogP contribution is 2.31.